The van der Waals surface area contributed by atoms with Crippen LogP contribution in [-0.2, 0) is 14.3 Å². The van der Waals surface area contributed by atoms with Crippen LogP contribution < -0.4 is 30.5 Å². The minimum absolute atomic E-state index is 0.0110. The first-order valence-corrected chi connectivity index (χ1v) is 11.4. The zero-order chi connectivity index (χ0) is 26.2. The first-order valence-electron chi connectivity index (χ1n) is 11.9. The summed E-state index contributed by atoms with van der Waals surface area (Å²) in [7, 11) is 0. The number of cyclic esters (lactones) is 1. The summed E-state index contributed by atoms with van der Waals surface area (Å²) in [5.74, 6) is 0.249. The predicted octanol–water partition coefficient (Wildman–Crippen LogP) is 0.298. The van der Waals surface area contributed by atoms with Gasteiger partial charge in [0.1, 0.15) is 17.7 Å². The van der Waals surface area contributed by atoms with E-state index in [0.717, 1.165) is 0 Å². The Bertz CT molecular complexity index is 1250. The van der Waals surface area contributed by atoms with Crippen molar-refractivity contribution in [1.29, 1.82) is 0 Å². The number of aromatic nitrogens is 3. The molecule has 1 atom stereocenters. The van der Waals surface area contributed by atoms with Crippen molar-refractivity contribution >= 4 is 52.8 Å². The van der Waals surface area contributed by atoms with E-state index in [0.29, 0.717) is 34.5 Å². The Morgan fingerprint density at radius 1 is 1.35 bits per heavy atom. The Kier molecular flexibility index (Phi) is 5.13. The Balaban J connectivity index is 1.11. The summed E-state index contributed by atoms with van der Waals surface area (Å²) in [6, 6.07) is 3.19. The van der Waals surface area contributed by atoms with E-state index in [-0.39, 0.29) is 48.9 Å². The number of amides is 3. The third kappa shape index (κ3) is 4.54. The molecule has 13 nitrogen and oxygen atoms in total. The van der Waals surface area contributed by atoms with Crippen LogP contribution in [0.15, 0.2) is 23.4 Å². The van der Waals surface area contributed by atoms with Gasteiger partial charge in [-0.25, -0.2) is 14.8 Å². The van der Waals surface area contributed by atoms with Crippen LogP contribution in [0.1, 0.15) is 4.11 Å². The van der Waals surface area contributed by atoms with Gasteiger partial charge in [-0.05, 0) is 6.07 Å². The van der Waals surface area contributed by atoms with Crippen molar-refractivity contribution in [3.05, 3.63) is 18.3 Å². The van der Waals surface area contributed by atoms with Crippen LogP contribution in [0.5, 0.6) is 5.88 Å². The molecule has 1 fully saturated rings. The Hall–Kier alpha value is -3.65. The topological polar surface area (TPSA) is 151 Å². The van der Waals surface area contributed by atoms with E-state index in [2.05, 4.69) is 30.9 Å². The number of ether oxygens (including phenoxy) is 2. The summed E-state index contributed by atoms with van der Waals surface area (Å²) >= 11 is 1.28. The largest absolute Gasteiger partial charge is 0.476 e. The molecule has 0 aliphatic carbocycles. The van der Waals surface area contributed by atoms with E-state index in [1.165, 1.54) is 22.9 Å². The van der Waals surface area contributed by atoms with E-state index >= 15 is 0 Å². The number of fused-ring (bicyclic) bond motifs is 2. The lowest BCUT2D eigenvalue weighted by Gasteiger charge is -2.25. The molecule has 34 heavy (non-hydrogen) atoms. The fraction of sp³-hybridized carbons (Fsp3) is 0.400. The Morgan fingerprint density at radius 3 is 3.15 bits per heavy atom. The Labute approximate surface area is 202 Å². The van der Waals surface area contributed by atoms with Gasteiger partial charge in [0.15, 0.2) is 17.5 Å². The maximum absolute atomic E-state index is 12.3. The molecule has 3 aliphatic heterocycles. The van der Waals surface area contributed by atoms with Crippen LogP contribution in [0, 0.1) is 0 Å². The molecule has 5 heterocycles. The van der Waals surface area contributed by atoms with Crippen molar-refractivity contribution in [2.75, 3.05) is 65.9 Å². The number of pyridine rings is 1. The van der Waals surface area contributed by atoms with Crippen LogP contribution in [-0.4, -0.2) is 84.5 Å². The molecule has 2 aromatic heterocycles. The number of rotatable bonds is 7. The van der Waals surface area contributed by atoms with Crippen LogP contribution in [0.3, 0.4) is 0 Å². The number of thioether (sulfide) groups is 1. The molecule has 0 bridgehead atoms. The fourth-order valence-corrected chi connectivity index (χ4v) is 4.18. The third-order valence-corrected chi connectivity index (χ3v) is 6.09. The number of nitrogens with one attached hydrogen (secondary N) is 3. The lowest BCUT2D eigenvalue weighted by molar-refractivity contribution is -0.117. The molecular formula is C20H22N8O5S. The van der Waals surface area contributed by atoms with Gasteiger partial charge in [-0.1, -0.05) is 11.8 Å². The normalized spacial score (nSPS) is 20.9. The van der Waals surface area contributed by atoms with E-state index in [1.807, 2.05) is 0 Å². The van der Waals surface area contributed by atoms with Gasteiger partial charge < -0.3 is 25.4 Å². The number of carbonyl (C=O) groups excluding carboxylic acids is 3. The zero-order valence-corrected chi connectivity index (χ0v) is 18.6. The number of anilines is 4. The minimum atomic E-state index is -2.66. The minimum Gasteiger partial charge on any atom is -0.476 e. The fourth-order valence-electron chi connectivity index (χ4n) is 3.48. The van der Waals surface area contributed by atoms with Gasteiger partial charge in [0.2, 0.25) is 17.7 Å². The third-order valence-electron chi connectivity index (χ3n) is 5.12. The first kappa shape index (κ1) is 18.7. The van der Waals surface area contributed by atoms with E-state index in [1.54, 1.807) is 12.1 Å². The number of nitrogens with zero attached hydrogens (tertiary/aromatic N) is 5. The van der Waals surface area contributed by atoms with E-state index in [9.17, 15) is 14.4 Å². The molecule has 0 spiro atoms. The quantitative estimate of drug-likeness (QED) is 0.461. The standard InChI is InChI=1S/C20H22N8O5S/c1-27-16(30)8-22-12-2-3-15(26-18(12)27)32-5-4-21-6-11-9-28(20(31)33-11)13-7-23-19-17(24-13)25-14(29)10-34-19/h2-3,7,11,21-22H,4-6,8-10H2,1H3,(H,24,25,29)/i1D3. The molecule has 3 aliphatic rings. The van der Waals surface area contributed by atoms with Crippen LogP contribution in [0.4, 0.5) is 27.9 Å². The van der Waals surface area contributed by atoms with Crippen molar-refractivity contribution < 1.29 is 28.0 Å². The number of hydrogen-bond donors (Lipinski definition) is 3. The van der Waals surface area contributed by atoms with E-state index < -0.39 is 25.1 Å². The number of likely N-dealkylation sites (N-methyl/N-ethyl adjacent to an activating group) is 1. The molecule has 1 unspecified atom stereocenters. The second-order valence-electron chi connectivity index (χ2n) is 7.49. The second-order valence-corrected chi connectivity index (χ2v) is 8.46. The van der Waals surface area contributed by atoms with Crippen LogP contribution in [0.2, 0.25) is 0 Å². The number of hydrogen-bond acceptors (Lipinski definition) is 11. The van der Waals surface area contributed by atoms with Crippen molar-refractivity contribution in [1.82, 2.24) is 20.3 Å². The Morgan fingerprint density at radius 2 is 2.26 bits per heavy atom. The highest BCUT2D eigenvalue weighted by atomic mass is 32.2. The van der Waals surface area contributed by atoms with Crippen LogP contribution in [0.25, 0.3) is 0 Å². The van der Waals surface area contributed by atoms with Crippen LogP contribution >= 0.6 is 11.8 Å². The SMILES string of the molecule is [2H]C([2H])([2H])N1C(=O)CNc2ccc(OCCNCC3CN(c4cnc5c(n4)NC(=O)CS5)C(=O)O3)nc21. The van der Waals surface area contributed by atoms with Gasteiger partial charge in [-0.3, -0.25) is 19.4 Å². The lowest BCUT2D eigenvalue weighted by Crippen LogP contribution is -2.37. The van der Waals surface area contributed by atoms with Gasteiger partial charge in [-0.15, -0.1) is 0 Å². The molecule has 2 aromatic rings. The summed E-state index contributed by atoms with van der Waals surface area (Å²) in [4.78, 5) is 50.9. The molecule has 0 radical (unpaired) electrons. The van der Waals surface area contributed by atoms with Crippen molar-refractivity contribution in [3.8, 4) is 5.88 Å². The van der Waals surface area contributed by atoms with Crippen molar-refractivity contribution in [2.24, 2.45) is 0 Å². The maximum atomic E-state index is 12.3. The molecule has 3 N–H and O–H groups in total. The monoisotopic (exact) mass is 489 g/mol. The molecule has 178 valence electrons. The van der Waals surface area contributed by atoms with Crippen molar-refractivity contribution in [3.63, 3.8) is 0 Å². The highest BCUT2D eigenvalue weighted by molar-refractivity contribution is 8.00. The van der Waals surface area contributed by atoms with Gasteiger partial charge in [0.25, 0.3) is 0 Å². The second kappa shape index (κ2) is 9.30. The highest BCUT2D eigenvalue weighted by Crippen LogP contribution is 2.30. The number of carbonyl (C=O) groups is 3. The molecule has 5 rings (SSSR count). The molecule has 1 saturated heterocycles. The average molecular weight is 490 g/mol. The van der Waals surface area contributed by atoms with E-state index in [4.69, 9.17) is 13.6 Å². The smallest absolute Gasteiger partial charge is 0.416 e. The predicted molar refractivity (Wildman–Crippen MR) is 124 cm³/mol. The van der Waals surface area contributed by atoms with Gasteiger partial charge >= 0.3 is 6.09 Å². The summed E-state index contributed by atoms with van der Waals surface area (Å²) in [6.45, 7) is -1.62. The summed E-state index contributed by atoms with van der Waals surface area (Å²) in [5.41, 5.74) is 0.429. The maximum Gasteiger partial charge on any atom is 0.416 e. The molecular weight excluding hydrogens is 464 g/mol. The highest BCUT2D eigenvalue weighted by Gasteiger charge is 2.34. The first-order chi connectivity index (χ1) is 17.7. The molecule has 14 heteroatoms. The average Bonchev–Trinajstić information content (AvgIpc) is 3.22. The summed E-state index contributed by atoms with van der Waals surface area (Å²) in [5, 5.41) is 9.21. The van der Waals surface area contributed by atoms with Crippen molar-refractivity contribution in [2.45, 2.75) is 11.1 Å². The van der Waals surface area contributed by atoms with Gasteiger partial charge in [0, 0.05) is 30.2 Å². The van der Waals surface area contributed by atoms with Gasteiger partial charge in [0.05, 0.1) is 30.7 Å². The molecule has 3 amide bonds. The summed E-state index contributed by atoms with van der Waals surface area (Å²) in [6.07, 6.45) is 0.462. The zero-order valence-electron chi connectivity index (χ0n) is 20.7. The molecule has 0 aromatic carbocycles. The molecule has 0 saturated carbocycles. The lowest BCUT2D eigenvalue weighted by atomic mass is 10.3. The summed E-state index contributed by atoms with van der Waals surface area (Å²) < 4.78 is 33.9. The van der Waals surface area contributed by atoms with Gasteiger partial charge in [-0.2, -0.15) is 4.98 Å².